The summed E-state index contributed by atoms with van der Waals surface area (Å²) in [4.78, 5) is 0. The minimum Gasteiger partial charge on any atom is -0.494 e. The molecule has 0 saturated heterocycles. The lowest BCUT2D eigenvalue weighted by Crippen LogP contribution is -2.30. The van der Waals surface area contributed by atoms with Crippen molar-refractivity contribution in [1.82, 2.24) is 0 Å². The fourth-order valence-corrected chi connectivity index (χ4v) is 2.46. The highest BCUT2D eigenvalue weighted by Crippen LogP contribution is 2.28. The molecule has 1 atom stereocenters. The van der Waals surface area contributed by atoms with Crippen LogP contribution >= 0.6 is 0 Å². The quantitative estimate of drug-likeness (QED) is 0.854. The maximum atomic E-state index is 12.7. The van der Waals surface area contributed by atoms with Gasteiger partial charge in [-0.15, -0.1) is 0 Å². The van der Waals surface area contributed by atoms with Crippen molar-refractivity contribution in [2.45, 2.75) is 38.1 Å². The first-order valence-corrected chi connectivity index (χ1v) is 6.39. The molecule has 1 aliphatic rings. The van der Waals surface area contributed by atoms with E-state index in [1.54, 1.807) is 12.1 Å². The summed E-state index contributed by atoms with van der Waals surface area (Å²) in [5.74, 6) is 1.15. The zero-order valence-electron chi connectivity index (χ0n) is 10.1. The fraction of sp³-hybridized carbons (Fsp3) is 0.571. The van der Waals surface area contributed by atoms with Crippen LogP contribution in [0.1, 0.15) is 32.1 Å². The van der Waals surface area contributed by atoms with Gasteiger partial charge in [0.15, 0.2) is 0 Å². The number of halogens is 1. The molecule has 0 radical (unpaired) electrons. The Labute approximate surface area is 102 Å². The molecule has 0 aliphatic heterocycles. The van der Waals surface area contributed by atoms with E-state index in [0.29, 0.717) is 18.3 Å². The Morgan fingerprint density at radius 2 is 1.88 bits per heavy atom. The van der Waals surface area contributed by atoms with Crippen LogP contribution in [0.4, 0.5) is 4.39 Å². The van der Waals surface area contributed by atoms with Gasteiger partial charge in [-0.25, -0.2) is 4.39 Å². The van der Waals surface area contributed by atoms with E-state index in [9.17, 15) is 4.39 Å². The third-order valence-electron chi connectivity index (χ3n) is 3.54. The van der Waals surface area contributed by atoms with Crippen LogP contribution in [-0.4, -0.2) is 12.6 Å². The molecule has 0 bridgehead atoms. The van der Waals surface area contributed by atoms with Crippen LogP contribution in [0.2, 0.25) is 0 Å². The highest BCUT2D eigenvalue weighted by molar-refractivity contribution is 5.21. The second-order valence-electron chi connectivity index (χ2n) is 4.80. The van der Waals surface area contributed by atoms with E-state index in [1.165, 1.54) is 37.8 Å². The highest BCUT2D eigenvalue weighted by Gasteiger charge is 2.21. The van der Waals surface area contributed by atoms with Gasteiger partial charge in [0.05, 0.1) is 6.61 Å². The van der Waals surface area contributed by atoms with Gasteiger partial charge in [-0.1, -0.05) is 12.8 Å². The van der Waals surface area contributed by atoms with Gasteiger partial charge in [0.1, 0.15) is 11.6 Å². The summed E-state index contributed by atoms with van der Waals surface area (Å²) in [6.07, 6.45) is 6.03. The summed E-state index contributed by atoms with van der Waals surface area (Å²) >= 11 is 0. The van der Waals surface area contributed by atoms with Gasteiger partial charge < -0.3 is 10.5 Å². The van der Waals surface area contributed by atoms with Crippen molar-refractivity contribution in [2.75, 3.05) is 6.61 Å². The van der Waals surface area contributed by atoms with E-state index >= 15 is 0 Å². The van der Waals surface area contributed by atoms with E-state index in [0.717, 1.165) is 6.42 Å². The molecule has 2 rings (SSSR count). The molecule has 1 aliphatic carbocycles. The van der Waals surface area contributed by atoms with Gasteiger partial charge in [0.2, 0.25) is 0 Å². The molecule has 0 spiro atoms. The molecule has 1 fully saturated rings. The van der Waals surface area contributed by atoms with Crippen LogP contribution in [0.3, 0.4) is 0 Å². The van der Waals surface area contributed by atoms with Crippen molar-refractivity contribution >= 4 is 0 Å². The molecule has 1 aromatic rings. The lowest BCUT2D eigenvalue weighted by atomic mass is 9.97. The van der Waals surface area contributed by atoms with E-state index in [2.05, 4.69) is 0 Å². The zero-order chi connectivity index (χ0) is 12.1. The average molecular weight is 237 g/mol. The van der Waals surface area contributed by atoms with Crippen molar-refractivity contribution in [1.29, 1.82) is 0 Å². The van der Waals surface area contributed by atoms with Gasteiger partial charge in [-0.05, 0) is 49.4 Å². The van der Waals surface area contributed by atoms with Crippen molar-refractivity contribution in [3.05, 3.63) is 30.1 Å². The predicted molar refractivity (Wildman–Crippen MR) is 66.4 cm³/mol. The zero-order valence-corrected chi connectivity index (χ0v) is 10.1. The number of ether oxygens (including phenoxy) is 1. The normalized spacial score (nSPS) is 18.2. The maximum absolute atomic E-state index is 12.7. The van der Waals surface area contributed by atoms with Crippen LogP contribution in [0, 0.1) is 11.7 Å². The number of nitrogens with two attached hydrogens (primary N) is 1. The third-order valence-corrected chi connectivity index (χ3v) is 3.54. The highest BCUT2D eigenvalue weighted by atomic mass is 19.1. The van der Waals surface area contributed by atoms with E-state index < -0.39 is 0 Å². The standard InChI is InChI=1S/C14H20FNO/c15-12-5-7-13(8-6-12)17-10-9-14(16)11-3-1-2-4-11/h5-8,11,14H,1-4,9-10,16H2. The Kier molecular flexibility index (Phi) is 4.37. The Balaban J connectivity index is 1.70. The molecule has 17 heavy (non-hydrogen) atoms. The van der Waals surface area contributed by atoms with E-state index in [4.69, 9.17) is 10.5 Å². The molecular formula is C14H20FNO. The molecule has 1 aromatic carbocycles. The van der Waals surface area contributed by atoms with Gasteiger partial charge in [0, 0.05) is 6.04 Å². The molecule has 94 valence electrons. The molecule has 2 N–H and O–H groups in total. The van der Waals surface area contributed by atoms with E-state index in [-0.39, 0.29) is 11.9 Å². The Morgan fingerprint density at radius 1 is 1.24 bits per heavy atom. The van der Waals surface area contributed by atoms with Crippen LogP contribution in [0.5, 0.6) is 5.75 Å². The lowest BCUT2D eigenvalue weighted by molar-refractivity contribution is 0.274. The average Bonchev–Trinajstić information content (AvgIpc) is 2.85. The summed E-state index contributed by atoms with van der Waals surface area (Å²) in [6, 6.07) is 6.36. The summed E-state index contributed by atoms with van der Waals surface area (Å²) < 4.78 is 18.2. The molecule has 0 amide bonds. The summed E-state index contributed by atoms with van der Waals surface area (Å²) in [6.45, 7) is 0.614. The second-order valence-corrected chi connectivity index (χ2v) is 4.80. The first-order valence-electron chi connectivity index (χ1n) is 6.39. The minimum absolute atomic E-state index is 0.236. The Morgan fingerprint density at radius 3 is 2.53 bits per heavy atom. The first-order chi connectivity index (χ1) is 8.25. The van der Waals surface area contributed by atoms with Crippen molar-refractivity contribution < 1.29 is 9.13 Å². The molecular weight excluding hydrogens is 217 g/mol. The largest absolute Gasteiger partial charge is 0.494 e. The van der Waals surface area contributed by atoms with Gasteiger partial charge in [-0.2, -0.15) is 0 Å². The van der Waals surface area contributed by atoms with Crippen LogP contribution < -0.4 is 10.5 Å². The molecule has 1 saturated carbocycles. The number of rotatable bonds is 5. The number of hydrogen-bond acceptors (Lipinski definition) is 2. The number of hydrogen-bond donors (Lipinski definition) is 1. The van der Waals surface area contributed by atoms with Crippen molar-refractivity contribution in [3.63, 3.8) is 0 Å². The maximum Gasteiger partial charge on any atom is 0.123 e. The topological polar surface area (TPSA) is 35.2 Å². The second kappa shape index (κ2) is 6.01. The molecule has 2 nitrogen and oxygen atoms in total. The monoisotopic (exact) mass is 237 g/mol. The number of benzene rings is 1. The summed E-state index contributed by atoms with van der Waals surface area (Å²) in [5.41, 5.74) is 6.13. The SMILES string of the molecule is NC(CCOc1ccc(F)cc1)C1CCCC1. The van der Waals surface area contributed by atoms with Gasteiger partial charge in [-0.3, -0.25) is 0 Å². The predicted octanol–water partition coefficient (Wildman–Crippen LogP) is 3.11. The first kappa shape index (κ1) is 12.4. The molecule has 3 heteroatoms. The van der Waals surface area contributed by atoms with Gasteiger partial charge in [0.25, 0.3) is 0 Å². The van der Waals surface area contributed by atoms with Crippen LogP contribution in [-0.2, 0) is 0 Å². The lowest BCUT2D eigenvalue weighted by Gasteiger charge is -2.18. The molecule has 0 heterocycles. The molecule has 1 unspecified atom stereocenters. The molecule has 0 aromatic heterocycles. The van der Waals surface area contributed by atoms with Crippen LogP contribution in [0.15, 0.2) is 24.3 Å². The minimum atomic E-state index is -0.236. The third kappa shape index (κ3) is 3.70. The van der Waals surface area contributed by atoms with Crippen molar-refractivity contribution in [2.24, 2.45) is 11.7 Å². The van der Waals surface area contributed by atoms with Crippen LogP contribution in [0.25, 0.3) is 0 Å². The van der Waals surface area contributed by atoms with Gasteiger partial charge >= 0.3 is 0 Å². The van der Waals surface area contributed by atoms with Crippen molar-refractivity contribution in [3.8, 4) is 5.75 Å². The smallest absolute Gasteiger partial charge is 0.123 e. The fourth-order valence-electron chi connectivity index (χ4n) is 2.46. The Bertz CT molecular complexity index is 333. The Hall–Kier alpha value is -1.09. The summed E-state index contributed by atoms with van der Waals surface area (Å²) in [7, 11) is 0. The summed E-state index contributed by atoms with van der Waals surface area (Å²) in [5, 5.41) is 0. The van der Waals surface area contributed by atoms with E-state index in [1.807, 2.05) is 0 Å².